The molecule has 0 amide bonds. The molecule has 0 aliphatic rings. The van der Waals surface area contributed by atoms with Gasteiger partial charge in [0.2, 0.25) is 17.4 Å². The topological polar surface area (TPSA) is 131 Å². The maximum atomic E-state index is 12.3. The molecule has 168 valence electrons. The Balaban J connectivity index is 1.61. The summed E-state index contributed by atoms with van der Waals surface area (Å²) in [6.45, 7) is 4.61. The van der Waals surface area contributed by atoms with Crippen molar-refractivity contribution in [2.75, 3.05) is 0 Å². The third kappa shape index (κ3) is 4.72. The number of aryl methyl sites for hydroxylation is 1. The largest absolute Gasteiger partial charge is 0.298 e. The van der Waals surface area contributed by atoms with E-state index in [0.717, 1.165) is 42.8 Å². The van der Waals surface area contributed by atoms with Gasteiger partial charge in [-0.1, -0.05) is 32.4 Å². The number of Topliss-reactive ketones (excluding diaryl/α,β-unsaturated/α-hetero) is 1. The molecule has 10 heteroatoms. The molecule has 0 saturated heterocycles. The molecule has 0 atom stereocenters. The lowest BCUT2D eigenvalue weighted by Crippen LogP contribution is -2.08. The normalized spacial score (nSPS) is 10.9. The summed E-state index contributed by atoms with van der Waals surface area (Å²) >= 11 is 0. The lowest BCUT2D eigenvalue weighted by molar-refractivity contribution is 0.0971. The van der Waals surface area contributed by atoms with Gasteiger partial charge >= 0.3 is 0 Å². The third-order valence-electron chi connectivity index (χ3n) is 5.33. The predicted octanol–water partition coefficient (Wildman–Crippen LogP) is 3.49. The molecule has 0 saturated carbocycles. The van der Waals surface area contributed by atoms with E-state index in [-0.39, 0.29) is 5.78 Å². The third-order valence-corrected chi connectivity index (χ3v) is 5.33. The number of H-pyrrole nitrogens is 1. The molecule has 0 bridgehead atoms. The standard InChI is InChI=1S/C23H25N9O/c1-3-5-7-21-25-23(20(33)6-4-2)28-31(21)15-16-8-10-17(11-9-16)32-18(14-24)12-13-19(32)22-26-29-30-27-22/h8-13H,3-7,15H2,1-2H3,(H,26,27,29,30). The number of benzene rings is 1. The summed E-state index contributed by atoms with van der Waals surface area (Å²) in [7, 11) is 0. The lowest BCUT2D eigenvalue weighted by Gasteiger charge is -2.10. The molecule has 0 fully saturated rings. The van der Waals surface area contributed by atoms with Crippen LogP contribution in [0.5, 0.6) is 0 Å². The highest BCUT2D eigenvalue weighted by molar-refractivity contribution is 5.92. The molecule has 0 unspecified atom stereocenters. The number of aromatic nitrogens is 8. The minimum absolute atomic E-state index is 0.0185. The number of tetrazole rings is 1. The van der Waals surface area contributed by atoms with Crippen molar-refractivity contribution >= 4 is 5.78 Å². The molecule has 1 aromatic carbocycles. The maximum Gasteiger partial charge on any atom is 0.221 e. The Bertz CT molecular complexity index is 1260. The number of nitrogens with one attached hydrogen (secondary N) is 1. The minimum Gasteiger partial charge on any atom is -0.298 e. The number of aromatic amines is 1. The van der Waals surface area contributed by atoms with E-state index in [1.807, 2.05) is 35.9 Å². The molecule has 3 aromatic heterocycles. The number of nitriles is 1. The Morgan fingerprint density at radius 2 is 1.94 bits per heavy atom. The lowest BCUT2D eigenvalue weighted by atomic mass is 10.2. The quantitative estimate of drug-likeness (QED) is 0.371. The number of carbonyl (C=O) groups excluding carboxylic acids is 1. The molecular formula is C23H25N9O. The van der Waals surface area contributed by atoms with Crippen LogP contribution in [0.2, 0.25) is 0 Å². The van der Waals surface area contributed by atoms with E-state index < -0.39 is 0 Å². The monoisotopic (exact) mass is 443 g/mol. The summed E-state index contributed by atoms with van der Waals surface area (Å²) < 4.78 is 3.62. The van der Waals surface area contributed by atoms with Crippen LogP contribution in [-0.4, -0.2) is 45.7 Å². The summed E-state index contributed by atoms with van der Waals surface area (Å²) in [6.07, 6.45) is 4.04. The van der Waals surface area contributed by atoms with Gasteiger partial charge in [-0.15, -0.1) is 15.3 Å². The van der Waals surface area contributed by atoms with Crippen molar-refractivity contribution in [3.05, 3.63) is 59.3 Å². The second-order valence-corrected chi connectivity index (χ2v) is 7.74. The molecule has 4 aromatic rings. The molecule has 0 spiro atoms. The fourth-order valence-electron chi connectivity index (χ4n) is 3.65. The average Bonchev–Trinajstić information content (AvgIpc) is 3.58. The second kappa shape index (κ2) is 9.99. The molecular weight excluding hydrogens is 418 g/mol. The number of hydrogen-bond donors (Lipinski definition) is 1. The van der Waals surface area contributed by atoms with Gasteiger partial charge < -0.3 is 0 Å². The number of unbranched alkanes of at least 4 members (excludes halogenated alkanes) is 1. The first-order valence-electron chi connectivity index (χ1n) is 11.1. The summed E-state index contributed by atoms with van der Waals surface area (Å²) in [5.41, 5.74) is 2.97. The molecule has 0 radical (unpaired) electrons. The van der Waals surface area contributed by atoms with Gasteiger partial charge in [0.25, 0.3) is 0 Å². The molecule has 0 aliphatic carbocycles. The van der Waals surface area contributed by atoms with E-state index in [4.69, 9.17) is 0 Å². The summed E-state index contributed by atoms with van der Waals surface area (Å²) in [5.74, 6) is 1.52. The highest BCUT2D eigenvalue weighted by Crippen LogP contribution is 2.24. The Hall–Kier alpha value is -4.13. The van der Waals surface area contributed by atoms with Crippen LogP contribution in [0.4, 0.5) is 0 Å². The molecule has 4 rings (SSSR count). The van der Waals surface area contributed by atoms with Gasteiger partial charge in [-0.25, -0.2) is 9.67 Å². The van der Waals surface area contributed by atoms with Gasteiger partial charge in [0.05, 0.1) is 12.2 Å². The molecule has 3 heterocycles. The van der Waals surface area contributed by atoms with Crippen LogP contribution in [0.25, 0.3) is 17.2 Å². The van der Waals surface area contributed by atoms with Crippen LogP contribution in [0.1, 0.15) is 67.2 Å². The fourth-order valence-corrected chi connectivity index (χ4v) is 3.65. The summed E-state index contributed by atoms with van der Waals surface area (Å²) in [6, 6.07) is 13.6. The highest BCUT2D eigenvalue weighted by atomic mass is 16.1. The Morgan fingerprint density at radius 1 is 1.12 bits per heavy atom. The van der Waals surface area contributed by atoms with Gasteiger partial charge in [0.1, 0.15) is 17.6 Å². The first-order valence-corrected chi connectivity index (χ1v) is 11.1. The van der Waals surface area contributed by atoms with Crippen LogP contribution in [0.15, 0.2) is 36.4 Å². The Kier molecular flexibility index (Phi) is 6.69. The minimum atomic E-state index is -0.0185. The number of ketones is 1. The van der Waals surface area contributed by atoms with Crippen molar-refractivity contribution in [2.45, 2.75) is 52.5 Å². The predicted molar refractivity (Wildman–Crippen MR) is 121 cm³/mol. The van der Waals surface area contributed by atoms with E-state index >= 15 is 0 Å². The van der Waals surface area contributed by atoms with Crippen molar-refractivity contribution in [3.8, 4) is 23.3 Å². The van der Waals surface area contributed by atoms with Crippen molar-refractivity contribution in [2.24, 2.45) is 0 Å². The van der Waals surface area contributed by atoms with Crippen LogP contribution in [-0.2, 0) is 13.0 Å². The molecule has 33 heavy (non-hydrogen) atoms. The van der Waals surface area contributed by atoms with Crippen LogP contribution in [0, 0.1) is 11.3 Å². The highest BCUT2D eigenvalue weighted by Gasteiger charge is 2.17. The molecule has 0 aliphatic heterocycles. The SMILES string of the molecule is CCCCc1nc(C(=O)CCC)nn1Cc1ccc(-n2c(C#N)ccc2-c2nn[nH]n2)cc1. The second-order valence-electron chi connectivity index (χ2n) is 7.74. The zero-order chi connectivity index (χ0) is 23.2. The van der Waals surface area contributed by atoms with Gasteiger partial charge in [0, 0.05) is 18.5 Å². The van der Waals surface area contributed by atoms with E-state index in [2.05, 4.69) is 43.7 Å². The zero-order valence-corrected chi connectivity index (χ0v) is 18.7. The first-order chi connectivity index (χ1) is 16.1. The van der Waals surface area contributed by atoms with E-state index in [1.54, 1.807) is 16.7 Å². The Labute approximate surface area is 191 Å². The van der Waals surface area contributed by atoms with Crippen molar-refractivity contribution in [3.63, 3.8) is 0 Å². The first kappa shape index (κ1) is 22.1. The number of hydrogen-bond acceptors (Lipinski definition) is 7. The molecule has 1 N–H and O–H groups in total. The van der Waals surface area contributed by atoms with Crippen molar-refractivity contribution in [1.82, 2.24) is 40.0 Å². The van der Waals surface area contributed by atoms with Crippen LogP contribution < -0.4 is 0 Å². The van der Waals surface area contributed by atoms with Gasteiger partial charge in [-0.05, 0) is 47.9 Å². The number of nitrogens with zero attached hydrogens (tertiary/aromatic N) is 8. The zero-order valence-electron chi connectivity index (χ0n) is 18.7. The van der Waals surface area contributed by atoms with Gasteiger partial charge in [-0.2, -0.15) is 10.5 Å². The van der Waals surface area contributed by atoms with Gasteiger partial charge in [0.15, 0.2) is 0 Å². The number of carbonyl (C=O) groups is 1. The fraction of sp³-hybridized carbons (Fsp3) is 0.348. The van der Waals surface area contributed by atoms with Crippen LogP contribution >= 0.6 is 0 Å². The van der Waals surface area contributed by atoms with Crippen LogP contribution in [0.3, 0.4) is 0 Å². The maximum absolute atomic E-state index is 12.3. The van der Waals surface area contributed by atoms with E-state index in [1.165, 1.54) is 0 Å². The van der Waals surface area contributed by atoms with Gasteiger partial charge in [-0.3, -0.25) is 9.36 Å². The van der Waals surface area contributed by atoms with E-state index in [9.17, 15) is 10.1 Å². The summed E-state index contributed by atoms with van der Waals surface area (Å²) in [5, 5.41) is 28.2. The molecule has 10 nitrogen and oxygen atoms in total. The average molecular weight is 444 g/mol. The smallest absolute Gasteiger partial charge is 0.221 e. The van der Waals surface area contributed by atoms with Crippen molar-refractivity contribution < 1.29 is 4.79 Å². The summed E-state index contributed by atoms with van der Waals surface area (Å²) in [4.78, 5) is 16.8. The van der Waals surface area contributed by atoms with E-state index in [0.29, 0.717) is 36.0 Å². The number of rotatable bonds is 10. The Morgan fingerprint density at radius 3 is 2.61 bits per heavy atom. The van der Waals surface area contributed by atoms with Crippen molar-refractivity contribution in [1.29, 1.82) is 5.26 Å².